The number of unbranched alkanes of at least 4 members (excludes halogenated alkanes) is 1. The molecule has 2 aliphatic heterocycles. The predicted molar refractivity (Wildman–Crippen MR) is 222 cm³/mol. The second-order valence-corrected chi connectivity index (χ2v) is 16.1. The smallest absolute Gasteiger partial charge is 0.407 e. The van der Waals surface area contributed by atoms with Gasteiger partial charge in [0.25, 0.3) is 0 Å². The largest absolute Gasteiger partial charge is 0.450 e. The molecule has 0 aliphatic carbocycles. The van der Waals surface area contributed by atoms with E-state index in [1.807, 2.05) is 0 Å². The van der Waals surface area contributed by atoms with Crippen molar-refractivity contribution in [1.29, 1.82) is 0 Å². The number of alkyl carbamates (subject to hydrolysis) is 2. The van der Waals surface area contributed by atoms with E-state index in [9.17, 15) is 52.7 Å². The Balaban J connectivity index is 2.08. The van der Waals surface area contributed by atoms with Gasteiger partial charge in [-0.05, 0) is 59.5 Å². The van der Waals surface area contributed by atoms with Gasteiger partial charge in [0.05, 0.1) is 36.0 Å². The van der Waals surface area contributed by atoms with E-state index in [2.05, 4.69) is 37.2 Å². The summed E-state index contributed by atoms with van der Waals surface area (Å²) >= 11 is 2.49. The minimum atomic E-state index is -1.19. The molecule has 61 heavy (non-hydrogen) atoms. The summed E-state index contributed by atoms with van der Waals surface area (Å²) in [6.45, 7) is 6.29. The number of imide groups is 2. The Morgan fingerprint density at radius 3 is 1.51 bits per heavy atom. The quantitative estimate of drug-likeness (QED) is 0.0318. The van der Waals surface area contributed by atoms with Gasteiger partial charge in [-0.15, -0.1) is 0 Å². The molecule has 0 aromatic rings. The van der Waals surface area contributed by atoms with Crippen LogP contribution in [0.3, 0.4) is 0 Å². The number of hydrogen-bond donors (Lipinski definition) is 7. The van der Waals surface area contributed by atoms with Crippen LogP contribution in [-0.2, 0) is 52.6 Å². The van der Waals surface area contributed by atoms with Crippen LogP contribution in [0.25, 0.3) is 0 Å². The molecule has 2 fully saturated rings. The first-order valence-electron chi connectivity index (χ1n) is 20.0. The molecule has 24 heteroatoms. The third kappa shape index (κ3) is 18.6. The molecule has 5 unspecified atom stereocenters. The van der Waals surface area contributed by atoms with Crippen LogP contribution < -0.4 is 37.2 Å². The standard InChI is InChI=1S/C37H59N9O13S2/c1-7-58-36(56)38-14-10-9-11-24(44-37(57)59-8-2)33(53)43-23(17-29(49)41-21(3)39-27(47)12-15-45-31(51)19-25(60-5)34(45)54)18-30(50)42-22(4)40-28(48)13-16-46-32(52)20-26(61-6)35(46)55/h21-26H,7-20H2,1-6H3,(H,38,56)(H,39,47)(H,40,48)(H,41,49)(H,42,50)(H,43,53)(H,44,57). The number of ether oxygens (including phenoxy) is 2. The maximum atomic E-state index is 13.6. The lowest BCUT2D eigenvalue weighted by atomic mass is 10.1. The molecule has 2 aliphatic rings. The molecule has 2 heterocycles. The summed E-state index contributed by atoms with van der Waals surface area (Å²) in [7, 11) is 0. The van der Waals surface area contributed by atoms with Gasteiger partial charge in [0, 0.05) is 64.2 Å². The molecule has 0 radical (unpaired) electrons. The van der Waals surface area contributed by atoms with Crippen molar-refractivity contribution in [2.45, 2.75) is 120 Å². The Morgan fingerprint density at radius 1 is 0.639 bits per heavy atom. The van der Waals surface area contributed by atoms with Gasteiger partial charge < -0.3 is 46.7 Å². The Morgan fingerprint density at radius 2 is 1.08 bits per heavy atom. The average Bonchev–Trinajstić information content (AvgIpc) is 3.62. The monoisotopic (exact) mass is 901 g/mol. The summed E-state index contributed by atoms with van der Waals surface area (Å²) in [5, 5.41) is 16.9. The van der Waals surface area contributed by atoms with Crippen LogP contribution in [0, 0.1) is 0 Å². The summed E-state index contributed by atoms with van der Waals surface area (Å²) in [5.74, 6) is -4.78. The van der Waals surface area contributed by atoms with E-state index >= 15 is 0 Å². The van der Waals surface area contributed by atoms with Crippen molar-refractivity contribution in [3.8, 4) is 0 Å². The van der Waals surface area contributed by atoms with Crippen molar-refractivity contribution < 1.29 is 62.2 Å². The van der Waals surface area contributed by atoms with Crippen LogP contribution in [-0.4, -0.2) is 155 Å². The van der Waals surface area contributed by atoms with Crippen LogP contribution in [0.15, 0.2) is 0 Å². The number of rotatable bonds is 26. The second kappa shape index (κ2) is 26.9. The third-order valence-corrected chi connectivity index (χ3v) is 11.0. The zero-order valence-corrected chi connectivity index (χ0v) is 37.0. The van der Waals surface area contributed by atoms with Crippen LogP contribution in [0.2, 0.25) is 0 Å². The van der Waals surface area contributed by atoms with E-state index < -0.39 is 89.5 Å². The molecule has 2 rings (SSSR count). The van der Waals surface area contributed by atoms with Gasteiger partial charge in [-0.25, -0.2) is 9.59 Å². The van der Waals surface area contributed by atoms with Gasteiger partial charge in [-0.2, -0.15) is 23.5 Å². The number of thioether (sulfide) groups is 2. The summed E-state index contributed by atoms with van der Waals surface area (Å²) < 4.78 is 9.78. The lowest BCUT2D eigenvalue weighted by Crippen LogP contribution is -2.53. The normalized spacial score (nSPS) is 18.1. The zero-order valence-electron chi connectivity index (χ0n) is 35.4. The third-order valence-electron chi connectivity index (χ3n) is 9.17. The molecule has 0 spiro atoms. The van der Waals surface area contributed by atoms with Crippen LogP contribution >= 0.6 is 23.5 Å². The van der Waals surface area contributed by atoms with Crippen molar-refractivity contribution >= 4 is 88.9 Å². The van der Waals surface area contributed by atoms with E-state index in [1.165, 1.54) is 37.4 Å². The maximum Gasteiger partial charge on any atom is 0.407 e. The van der Waals surface area contributed by atoms with Gasteiger partial charge >= 0.3 is 12.2 Å². The predicted octanol–water partition coefficient (Wildman–Crippen LogP) is -0.799. The van der Waals surface area contributed by atoms with Gasteiger partial charge in [0.2, 0.25) is 53.2 Å². The van der Waals surface area contributed by atoms with Crippen molar-refractivity contribution in [2.24, 2.45) is 0 Å². The van der Waals surface area contributed by atoms with Crippen molar-refractivity contribution in [2.75, 3.05) is 45.4 Å². The maximum absolute atomic E-state index is 13.6. The van der Waals surface area contributed by atoms with E-state index in [0.29, 0.717) is 12.8 Å². The molecule has 5 atom stereocenters. The first kappa shape index (κ1) is 52.0. The van der Waals surface area contributed by atoms with Crippen LogP contribution in [0.1, 0.15) is 85.5 Å². The fourth-order valence-electron chi connectivity index (χ4n) is 6.22. The van der Waals surface area contributed by atoms with Gasteiger partial charge in [0.15, 0.2) is 0 Å². The van der Waals surface area contributed by atoms with E-state index in [0.717, 1.165) is 9.80 Å². The fourth-order valence-corrected chi connectivity index (χ4v) is 7.50. The van der Waals surface area contributed by atoms with Crippen LogP contribution in [0.5, 0.6) is 0 Å². The highest BCUT2D eigenvalue weighted by molar-refractivity contribution is 8.00. The molecule has 0 aromatic carbocycles. The molecular weight excluding hydrogens is 843 g/mol. The topological polar surface area (TPSA) is 297 Å². The Kier molecular flexibility index (Phi) is 23.0. The molecule has 22 nitrogen and oxygen atoms in total. The molecule has 0 aromatic heterocycles. The molecule has 0 saturated carbocycles. The minimum absolute atomic E-state index is 0.00994. The summed E-state index contributed by atoms with van der Waals surface area (Å²) in [6.07, 6.45) is -0.471. The summed E-state index contributed by atoms with van der Waals surface area (Å²) in [6, 6.07) is -2.38. The van der Waals surface area contributed by atoms with Crippen molar-refractivity contribution in [1.82, 2.24) is 47.0 Å². The van der Waals surface area contributed by atoms with Crippen molar-refractivity contribution in [3.05, 3.63) is 0 Å². The van der Waals surface area contributed by atoms with Gasteiger partial charge in [-0.3, -0.25) is 53.0 Å². The number of amides is 11. The Labute approximate surface area is 362 Å². The Hall–Kier alpha value is -5.13. The Bertz CT molecular complexity index is 1540. The van der Waals surface area contributed by atoms with E-state index in [1.54, 1.807) is 26.4 Å². The molecule has 11 amide bonds. The molecule has 342 valence electrons. The fraction of sp³-hybridized carbons (Fsp3) is 0.703. The number of hydrogen-bond acceptors (Lipinski definition) is 15. The molecule has 7 N–H and O–H groups in total. The first-order chi connectivity index (χ1) is 28.9. The average molecular weight is 902 g/mol. The van der Waals surface area contributed by atoms with Crippen LogP contribution in [0.4, 0.5) is 9.59 Å². The highest BCUT2D eigenvalue weighted by Crippen LogP contribution is 2.24. The molecule has 2 saturated heterocycles. The number of nitrogens with zero attached hydrogens (tertiary/aromatic N) is 2. The lowest BCUT2D eigenvalue weighted by Gasteiger charge is -2.25. The second-order valence-electron chi connectivity index (χ2n) is 14.0. The minimum Gasteiger partial charge on any atom is -0.450 e. The number of nitrogens with one attached hydrogen (secondary N) is 7. The first-order valence-corrected chi connectivity index (χ1v) is 22.6. The van der Waals surface area contributed by atoms with Crippen molar-refractivity contribution in [3.63, 3.8) is 0 Å². The van der Waals surface area contributed by atoms with Gasteiger partial charge in [-0.1, -0.05) is 0 Å². The number of carbonyl (C=O) groups excluding carboxylic acids is 11. The number of likely N-dealkylation sites (tertiary alicyclic amines) is 2. The zero-order chi connectivity index (χ0) is 45.6. The SMILES string of the molecule is CCOC(=O)NCCCCC(NC(=O)OCC)C(=O)NC(CC(=O)NC(C)NC(=O)CCN1C(=O)CC(SC)C1=O)CC(=O)NC(C)NC(=O)CCN1C(=O)CC(SC)C1=O. The highest BCUT2D eigenvalue weighted by atomic mass is 32.2. The van der Waals surface area contributed by atoms with E-state index in [4.69, 9.17) is 9.47 Å². The summed E-state index contributed by atoms with van der Waals surface area (Å²) in [4.78, 5) is 141. The molecule has 0 bridgehead atoms. The number of carbonyl (C=O) groups is 11. The lowest BCUT2D eigenvalue weighted by molar-refractivity contribution is -0.140. The highest BCUT2D eigenvalue weighted by Gasteiger charge is 2.39. The van der Waals surface area contributed by atoms with E-state index in [-0.39, 0.29) is 88.6 Å². The summed E-state index contributed by atoms with van der Waals surface area (Å²) in [5.41, 5.74) is 0. The van der Waals surface area contributed by atoms with Gasteiger partial charge in [0.1, 0.15) is 6.04 Å². The molecular formula is C37H59N9O13S2.